The van der Waals surface area contributed by atoms with E-state index in [4.69, 9.17) is 31.4 Å². The van der Waals surface area contributed by atoms with Gasteiger partial charge in [-0.3, -0.25) is 0 Å². The largest absolute Gasteiger partial charge is 0.458 e. The number of fused-ring (bicyclic) bond motifs is 4. The number of hydrogen-bond donors (Lipinski definition) is 0. The molecular formula is C36H24BNO2. The molecule has 0 spiro atoms. The van der Waals surface area contributed by atoms with E-state index in [1.54, 1.807) is 18.2 Å². The van der Waals surface area contributed by atoms with Gasteiger partial charge in [-0.25, -0.2) is 0 Å². The zero-order chi connectivity index (χ0) is 42.1. The molecule has 2 heterocycles. The number of para-hydroxylation sites is 2. The van der Waals surface area contributed by atoms with E-state index >= 15 is 0 Å². The van der Waals surface area contributed by atoms with Crippen LogP contribution in [0.15, 0.2) is 145 Å². The molecule has 8 rings (SSSR count). The van der Waals surface area contributed by atoms with Crippen LogP contribution in [0.25, 0.3) is 11.1 Å². The van der Waals surface area contributed by atoms with Crippen LogP contribution in [-0.2, 0) is 0 Å². The molecule has 6 aromatic rings. The van der Waals surface area contributed by atoms with Gasteiger partial charge in [0, 0.05) is 28.6 Å². The fourth-order valence-electron chi connectivity index (χ4n) is 4.92. The van der Waals surface area contributed by atoms with Gasteiger partial charge in [0.15, 0.2) is 0 Å². The fourth-order valence-corrected chi connectivity index (χ4v) is 4.92. The van der Waals surface area contributed by atoms with Crippen LogP contribution >= 0.6 is 0 Å². The molecule has 0 radical (unpaired) electrons. The highest BCUT2D eigenvalue weighted by Crippen LogP contribution is 2.39. The Hall–Kier alpha value is -5.22. The monoisotopic (exact) mass is 531 g/mol. The first-order chi connectivity index (χ1) is 27.3. The maximum absolute atomic E-state index is 9.27. The molecule has 0 N–H and O–H groups in total. The maximum atomic E-state index is 9.27. The van der Waals surface area contributed by atoms with E-state index in [1.165, 1.54) is 18.2 Å². The van der Waals surface area contributed by atoms with Gasteiger partial charge in [0.25, 0.3) is 6.71 Å². The Morgan fingerprint density at radius 2 is 1.15 bits per heavy atom. The van der Waals surface area contributed by atoms with Crippen LogP contribution in [0.5, 0.6) is 23.0 Å². The van der Waals surface area contributed by atoms with Gasteiger partial charge in [-0.2, -0.15) is 0 Å². The van der Waals surface area contributed by atoms with Crippen molar-refractivity contribution in [3.8, 4) is 34.1 Å². The summed E-state index contributed by atoms with van der Waals surface area (Å²) in [6.45, 7) is -0.975. The Morgan fingerprint density at radius 1 is 0.525 bits per heavy atom. The Balaban J connectivity index is 1.40. The highest BCUT2D eigenvalue weighted by atomic mass is 16.5. The number of anilines is 3. The quantitative estimate of drug-likeness (QED) is 0.219. The second kappa shape index (κ2) is 9.21. The predicted octanol–water partition coefficient (Wildman–Crippen LogP) is 7.55. The van der Waals surface area contributed by atoms with Crippen molar-refractivity contribution in [3.05, 3.63) is 145 Å². The van der Waals surface area contributed by atoms with Crippen LogP contribution in [-0.4, -0.2) is 6.71 Å². The summed E-state index contributed by atoms with van der Waals surface area (Å²) in [5.74, 6) is 0.246. The zero-order valence-electron chi connectivity index (χ0n) is 38.3. The summed E-state index contributed by atoms with van der Waals surface area (Å²) in [7, 11) is 0. The molecule has 0 unspecified atom stereocenters. The normalized spacial score (nSPS) is 18.6. The summed E-state index contributed by atoms with van der Waals surface area (Å²) >= 11 is 0. The Labute approximate surface area is 259 Å². The van der Waals surface area contributed by atoms with Crippen molar-refractivity contribution in [1.29, 1.82) is 0 Å². The zero-order valence-corrected chi connectivity index (χ0v) is 20.3. The van der Waals surface area contributed by atoms with Crippen LogP contribution < -0.4 is 30.8 Å². The van der Waals surface area contributed by atoms with Crippen LogP contribution in [0, 0.1) is 0 Å². The molecule has 0 amide bonds. The number of benzene rings is 6. The van der Waals surface area contributed by atoms with Gasteiger partial charge in [0.05, 0.1) is 24.7 Å². The molecule has 3 nitrogen and oxygen atoms in total. The van der Waals surface area contributed by atoms with Gasteiger partial charge in [-0.15, -0.1) is 0 Å². The van der Waals surface area contributed by atoms with E-state index in [9.17, 15) is 2.74 Å². The van der Waals surface area contributed by atoms with Gasteiger partial charge >= 0.3 is 0 Å². The van der Waals surface area contributed by atoms with Gasteiger partial charge in [0.1, 0.15) is 23.0 Å². The van der Waals surface area contributed by atoms with Crippen LogP contribution in [0.2, 0.25) is 0 Å². The van der Waals surface area contributed by atoms with Crippen LogP contribution in [0.1, 0.15) is 24.7 Å². The molecule has 0 atom stereocenters. The van der Waals surface area contributed by atoms with Crippen molar-refractivity contribution in [1.82, 2.24) is 0 Å². The first kappa shape index (κ1) is 11.1. The molecule has 4 heteroatoms. The van der Waals surface area contributed by atoms with E-state index in [0.717, 1.165) is 4.90 Å². The molecule has 0 saturated carbocycles. The van der Waals surface area contributed by atoms with E-state index in [2.05, 4.69) is 0 Å². The maximum Gasteiger partial charge on any atom is 0.260 e. The first-order valence-electron chi connectivity index (χ1n) is 21.1. The Bertz CT molecular complexity index is 2710. The van der Waals surface area contributed by atoms with Crippen LogP contribution in [0.3, 0.4) is 0 Å². The lowest BCUT2D eigenvalue weighted by atomic mass is 9.35. The standard InChI is InChI=1S/C36H24BNO2/c1-4-11-25(12-5-1)26-19-21-30-34(23-26)39-32-17-10-18-33-36(32)37(30)31-22-20-29(24-35(31)40-33)38(27-13-6-2-7-14-27)28-15-8-3-9-16-28/h1-24H/i1D,2D,3D,4D,5D,6D,7D,8D,9D,11D,12D,13D,14D,15D,16D,19D,21D,23D. The molecule has 0 aromatic heterocycles. The molecule has 6 aromatic carbocycles. The highest BCUT2D eigenvalue weighted by molar-refractivity contribution is 6.98. The van der Waals surface area contributed by atoms with Crippen molar-refractivity contribution >= 4 is 40.2 Å². The van der Waals surface area contributed by atoms with Gasteiger partial charge in [0.2, 0.25) is 0 Å². The lowest BCUT2D eigenvalue weighted by Gasteiger charge is -2.34. The van der Waals surface area contributed by atoms with Gasteiger partial charge in [-0.1, -0.05) is 90.7 Å². The van der Waals surface area contributed by atoms with Crippen LogP contribution in [0.4, 0.5) is 17.1 Å². The molecule has 0 bridgehead atoms. The third kappa shape index (κ3) is 3.69. The first-order valence-corrected chi connectivity index (χ1v) is 12.1. The lowest BCUT2D eigenvalue weighted by Crippen LogP contribution is -2.57. The molecule has 0 fully saturated rings. The lowest BCUT2D eigenvalue weighted by molar-refractivity contribution is 0.464. The second-order valence-corrected chi connectivity index (χ2v) is 8.80. The van der Waals surface area contributed by atoms with Gasteiger partial charge < -0.3 is 14.4 Å². The summed E-state index contributed by atoms with van der Waals surface area (Å²) in [5, 5.41) is 0. The third-order valence-electron chi connectivity index (χ3n) is 6.58. The minimum atomic E-state index is -0.975. The van der Waals surface area contributed by atoms with Crippen molar-refractivity contribution in [2.75, 3.05) is 4.90 Å². The Morgan fingerprint density at radius 3 is 1.82 bits per heavy atom. The minimum Gasteiger partial charge on any atom is -0.458 e. The van der Waals surface area contributed by atoms with Gasteiger partial charge in [-0.05, 0) is 70.5 Å². The summed E-state index contributed by atoms with van der Waals surface area (Å²) in [6, 6.07) is -3.30. The SMILES string of the molecule is [2H]c1c([2H])c([2H])c(-c2c([2H])c([2H])c3c(c2[2H])Oc2cccc4c2B3c2ccc(N(c3c([2H])c([2H])c([2H])c([2H])c3[2H])c3c([2H])c([2H])c([2H])c([2H])c3[2H])cc2O4)c([2H])c1[2H]. The summed E-state index contributed by atoms with van der Waals surface area (Å²) in [6.07, 6.45) is 0. The fraction of sp³-hybridized carbons (Fsp3) is 0. The number of ether oxygens (including phenoxy) is 2. The summed E-state index contributed by atoms with van der Waals surface area (Å²) in [4.78, 5) is 0.972. The number of hydrogen-bond acceptors (Lipinski definition) is 3. The van der Waals surface area contributed by atoms with E-state index in [0.29, 0.717) is 10.9 Å². The van der Waals surface area contributed by atoms with Crippen molar-refractivity contribution in [2.45, 2.75) is 0 Å². The highest BCUT2D eigenvalue weighted by Gasteiger charge is 2.40. The van der Waals surface area contributed by atoms with Crippen molar-refractivity contribution in [2.24, 2.45) is 0 Å². The van der Waals surface area contributed by atoms with E-state index in [1.807, 2.05) is 0 Å². The molecule has 40 heavy (non-hydrogen) atoms. The number of rotatable bonds is 4. The topological polar surface area (TPSA) is 21.7 Å². The summed E-state index contributed by atoms with van der Waals surface area (Å²) in [5.41, 5.74) is -1.18. The second-order valence-electron chi connectivity index (χ2n) is 8.80. The average Bonchev–Trinajstić information content (AvgIpc) is 3.21. The molecule has 0 aliphatic carbocycles. The average molecular weight is 532 g/mol. The molecule has 2 aliphatic rings. The molecule has 188 valence electrons. The third-order valence-corrected chi connectivity index (χ3v) is 6.58. The van der Waals surface area contributed by atoms with E-state index < -0.39 is 138 Å². The van der Waals surface area contributed by atoms with E-state index in [-0.39, 0.29) is 34.1 Å². The molecule has 2 aliphatic heterocycles. The minimum absolute atomic E-state index is 0.0245. The van der Waals surface area contributed by atoms with Crippen molar-refractivity contribution in [3.63, 3.8) is 0 Å². The number of nitrogens with zero attached hydrogens (tertiary/aromatic N) is 1. The smallest absolute Gasteiger partial charge is 0.260 e. The Kier molecular flexibility index (Phi) is 2.56. The molecule has 0 saturated heterocycles. The summed E-state index contributed by atoms with van der Waals surface area (Å²) < 4.78 is 167. The van der Waals surface area contributed by atoms with Crippen molar-refractivity contribution < 1.29 is 34.1 Å². The molecular weight excluding hydrogens is 489 g/mol. The predicted molar refractivity (Wildman–Crippen MR) is 164 cm³/mol.